The SMILES string of the molecule is CP1OCC2(COPOC2)CO1. The Morgan fingerprint density at radius 3 is 2.25 bits per heavy atom. The zero-order valence-electron chi connectivity index (χ0n) is 6.91. The van der Waals surface area contributed by atoms with Gasteiger partial charge >= 0.3 is 0 Å². The molecule has 2 saturated heterocycles. The predicted molar refractivity (Wildman–Crippen MR) is 47.4 cm³/mol. The first-order valence-corrected chi connectivity index (χ1v) is 6.23. The van der Waals surface area contributed by atoms with Crippen LogP contribution in [0.2, 0.25) is 0 Å². The van der Waals surface area contributed by atoms with Crippen LogP contribution >= 0.6 is 17.4 Å². The number of hydrogen-bond donors (Lipinski definition) is 0. The number of rotatable bonds is 0. The molecule has 12 heavy (non-hydrogen) atoms. The molecule has 0 N–H and O–H groups in total. The van der Waals surface area contributed by atoms with Gasteiger partial charge in [0.15, 0.2) is 17.4 Å². The highest BCUT2D eigenvalue weighted by Crippen LogP contribution is 2.45. The van der Waals surface area contributed by atoms with E-state index in [1.165, 1.54) is 0 Å². The first-order chi connectivity index (χ1) is 5.81. The molecule has 1 spiro atoms. The molecule has 6 heteroatoms. The second-order valence-corrected chi connectivity index (χ2v) is 5.29. The van der Waals surface area contributed by atoms with Gasteiger partial charge in [0.2, 0.25) is 0 Å². The summed E-state index contributed by atoms with van der Waals surface area (Å²) in [4.78, 5) is 0. The van der Waals surface area contributed by atoms with Crippen molar-refractivity contribution < 1.29 is 18.1 Å². The third kappa shape index (κ3) is 1.95. The van der Waals surface area contributed by atoms with Crippen LogP contribution in [0.3, 0.4) is 0 Å². The lowest BCUT2D eigenvalue weighted by Crippen LogP contribution is -2.43. The minimum atomic E-state index is -0.651. The minimum Gasteiger partial charge on any atom is -0.335 e. The topological polar surface area (TPSA) is 36.9 Å². The minimum absolute atomic E-state index is 0.0277. The first-order valence-electron chi connectivity index (χ1n) is 3.79. The molecule has 0 atom stereocenters. The molecule has 0 unspecified atom stereocenters. The molecule has 0 radical (unpaired) electrons. The van der Waals surface area contributed by atoms with Crippen LogP contribution in [0.15, 0.2) is 0 Å². The summed E-state index contributed by atoms with van der Waals surface area (Å²) in [5.41, 5.74) is -0.0277. The lowest BCUT2D eigenvalue weighted by Gasteiger charge is -2.39. The molecule has 0 aliphatic carbocycles. The van der Waals surface area contributed by atoms with Crippen LogP contribution < -0.4 is 0 Å². The average molecular weight is 210 g/mol. The molecule has 0 aromatic carbocycles. The molecule has 0 aromatic rings. The standard InChI is InChI=1S/C6H12O4P2/c1-12-9-4-6(5-10-12)2-7-11-8-3-6/h11H,2-5H2,1H3. The molecule has 0 saturated carbocycles. The Labute approximate surface area is 74.8 Å². The normalized spacial score (nSPS) is 45.2. The van der Waals surface area contributed by atoms with E-state index in [1.54, 1.807) is 0 Å². The highest BCUT2D eigenvalue weighted by atomic mass is 31.2. The lowest BCUT2D eigenvalue weighted by atomic mass is 9.93. The van der Waals surface area contributed by atoms with Gasteiger partial charge in [-0.3, -0.25) is 0 Å². The van der Waals surface area contributed by atoms with Gasteiger partial charge < -0.3 is 18.1 Å². The summed E-state index contributed by atoms with van der Waals surface area (Å²) >= 11 is 0. The van der Waals surface area contributed by atoms with Crippen molar-refractivity contribution in [2.75, 3.05) is 33.1 Å². The third-order valence-corrected chi connectivity index (χ3v) is 3.49. The van der Waals surface area contributed by atoms with Gasteiger partial charge in [0.1, 0.15) is 0 Å². The van der Waals surface area contributed by atoms with E-state index in [2.05, 4.69) is 0 Å². The van der Waals surface area contributed by atoms with Gasteiger partial charge in [0.25, 0.3) is 0 Å². The Hall–Kier alpha value is 0.700. The van der Waals surface area contributed by atoms with Crippen molar-refractivity contribution in [2.24, 2.45) is 5.41 Å². The molecular formula is C6H12O4P2. The Kier molecular flexibility index (Phi) is 2.96. The summed E-state index contributed by atoms with van der Waals surface area (Å²) in [6.45, 7) is 4.79. The summed E-state index contributed by atoms with van der Waals surface area (Å²) in [5.74, 6) is 0. The Morgan fingerprint density at radius 2 is 1.67 bits per heavy atom. The van der Waals surface area contributed by atoms with Gasteiger partial charge in [-0.25, -0.2) is 0 Å². The summed E-state index contributed by atoms with van der Waals surface area (Å²) < 4.78 is 21.4. The maximum Gasteiger partial charge on any atom is 0.167 e. The monoisotopic (exact) mass is 210 g/mol. The molecule has 70 valence electrons. The van der Waals surface area contributed by atoms with Gasteiger partial charge in [-0.2, -0.15) is 0 Å². The Balaban J connectivity index is 1.92. The quantitative estimate of drug-likeness (QED) is 0.568. The van der Waals surface area contributed by atoms with Crippen molar-refractivity contribution in [1.82, 2.24) is 0 Å². The maximum absolute atomic E-state index is 5.46. The molecule has 0 aromatic heterocycles. The largest absolute Gasteiger partial charge is 0.335 e. The van der Waals surface area contributed by atoms with Crippen LogP contribution in [0, 0.1) is 5.41 Å². The molecule has 4 nitrogen and oxygen atoms in total. The lowest BCUT2D eigenvalue weighted by molar-refractivity contribution is -0.0481. The second-order valence-electron chi connectivity index (χ2n) is 3.15. The fraction of sp³-hybridized carbons (Fsp3) is 1.00. The van der Waals surface area contributed by atoms with E-state index < -0.39 is 8.38 Å². The molecule has 2 aliphatic heterocycles. The van der Waals surface area contributed by atoms with Crippen molar-refractivity contribution >= 4 is 17.4 Å². The summed E-state index contributed by atoms with van der Waals surface area (Å²) in [7, 11) is -0.463. The van der Waals surface area contributed by atoms with E-state index in [4.69, 9.17) is 18.1 Å². The van der Waals surface area contributed by atoms with E-state index in [0.29, 0.717) is 26.4 Å². The highest BCUT2D eigenvalue weighted by molar-refractivity contribution is 7.46. The molecule has 2 fully saturated rings. The average Bonchev–Trinajstić information content (AvgIpc) is 2.13. The van der Waals surface area contributed by atoms with E-state index in [-0.39, 0.29) is 14.4 Å². The predicted octanol–water partition coefficient (Wildman–Crippen LogP) is 1.52. The smallest absolute Gasteiger partial charge is 0.167 e. The van der Waals surface area contributed by atoms with Crippen molar-refractivity contribution in [2.45, 2.75) is 0 Å². The van der Waals surface area contributed by atoms with Crippen LogP contribution in [0.5, 0.6) is 0 Å². The van der Waals surface area contributed by atoms with Crippen LogP contribution in [-0.4, -0.2) is 33.1 Å². The molecule has 2 aliphatic rings. The van der Waals surface area contributed by atoms with E-state index in [9.17, 15) is 0 Å². The van der Waals surface area contributed by atoms with Crippen molar-refractivity contribution in [3.63, 3.8) is 0 Å². The Bertz CT molecular complexity index is 150. The van der Waals surface area contributed by atoms with Crippen molar-refractivity contribution in [1.29, 1.82) is 0 Å². The van der Waals surface area contributed by atoms with Crippen LogP contribution in [-0.2, 0) is 18.1 Å². The zero-order chi connectivity index (χ0) is 8.44. The fourth-order valence-corrected chi connectivity index (χ4v) is 2.95. The summed E-state index contributed by atoms with van der Waals surface area (Å²) in [5, 5.41) is 0. The van der Waals surface area contributed by atoms with Gasteiger partial charge in [-0.15, -0.1) is 0 Å². The second kappa shape index (κ2) is 3.83. The molecule has 0 bridgehead atoms. The van der Waals surface area contributed by atoms with Crippen LogP contribution in [0.1, 0.15) is 0 Å². The first kappa shape index (κ1) is 9.26. The molecule has 2 rings (SSSR count). The van der Waals surface area contributed by atoms with Crippen LogP contribution in [0.4, 0.5) is 0 Å². The molecule has 0 amide bonds. The maximum atomic E-state index is 5.46. The van der Waals surface area contributed by atoms with E-state index in [1.807, 2.05) is 6.66 Å². The van der Waals surface area contributed by atoms with Gasteiger partial charge in [0, 0.05) is 6.66 Å². The highest BCUT2D eigenvalue weighted by Gasteiger charge is 2.39. The van der Waals surface area contributed by atoms with Crippen LogP contribution in [0.25, 0.3) is 0 Å². The zero-order valence-corrected chi connectivity index (χ0v) is 8.80. The van der Waals surface area contributed by atoms with Gasteiger partial charge in [-0.1, -0.05) is 0 Å². The van der Waals surface area contributed by atoms with E-state index in [0.717, 1.165) is 0 Å². The van der Waals surface area contributed by atoms with Crippen molar-refractivity contribution in [3.8, 4) is 0 Å². The third-order valence-electron chi connectivity index (χ3n) is 1.98. The van der Waals surface area contributed by atoms with Gasteiger partial charge in [0.05, 0.1) is 31.8 Å². The van der Waals surface area contributed by atoms with E-state index >= 15 is 0 Å². The summed E-state index contributed by atoms with van der Waals surface area (Å²) in [6, 6.07) is 0. The van der Waals surface area contributed by atoms with Crippen molar-refractivity contribution in [3.05, 3.63) is 0 Å². The number of hydrogen-bond acceptors (Lipinski definition) is 4. The molecular weight excluding hydrogens is 198 g/mol. The fourth-order valence-electron chi connectivity index (χ4n) is 1.15. The molecule has 2 heterocycles. The van der Waals surface area contributed by atoms with Gasteiger partial charge in [-0.05, 0) is 0 Å². The Morgan fingerprint density at radius 1 is 1.08 bits per heavy atom. The summed E-state index contributed by atoms with van der Waals surface area (Å²) in [6.07, 6.45) is 0.